The standard InChI is InChI=1S/C42H28N2/c1-42-34-17-7-4-13-30(34)33-16-10-18-37(41(33)42)43-36-22-21-26(24-35(36)42)28-23-27-11-2-3-12-29(27)40(25-28)44-38-19-8-5-14-31(38)32-15-6-9-20-39(32)44/h2-25,43H,1H3. The highest BCUT2D eigenvalue weighted by atomic mass is 15.0. The number of fused-ring (bicyclic) bond motifs is 9. The molecule has 0 spiro atoms. The molecule has 10 rings (SSSR count). The largest absolute Gasteiger partial charge is 0.355 e. The van der Waals surface area contributed by atoms with E-state index in [1.807, 2.05) is 0 Å². The molecule has 0 radical (unpaired) electrons. The third-order valence-corrected chi connectivity index (χ3v) is 10.1. The van der Waals surface area contributed by atoms with Crippen LogP contribution >= 0.6 is 0 Å². The highest BCUT2D eigenvalue weighted by Gasteiger charge is 2.46. The summed E-state index contributed by atoms with van der Waals surface area (Å²) in [5.41, 5.74) is 15.0. The highest BCUT2D eigenvalue weighted by molar-refractivity contribution is 6.11. The number of benzene rings is 7. The zero-order valence-electron chi connectivity index (χ0n) is 24.3. The first kappa shape index (κ1) is 23.9. The number of nitrogens with one attached hydrogen (secondary N) is 1. The topological polar surface area (TPSA) is 17.0 Å². The molecule has 0 saturated carbocycles. The van der Waals surface area contributed by atoms with Crippen LogP contribution in [0, 0.1) is 0 Å². The van der Waals surface area contributed by atoms with Crippen molar-refractivity contribution in [2.24, 2.45) is 0 Å². The van der Waals surface area contributed by atoms with Gasteiger partial charge in [-0.1, -0.05) is 103 Å². The van der Waals surface area contributed by atoms with E-state index in [-0.39, 0.29) is 5.41 Å². The van der Waals surface area contributed by atoms with Crippen LogP contribution in [0.3, 0.4) is 0 Å². The quantitative estimate of drug-likeness (QED) is 0.222. The van der Waals surface area contributed by atoms with Crippen molar-refractivity contribution in [1.82, 2.24) is 4.57 Å². The van der Waals surface area contributed by atoms with Gasteiger partial charge in [0.15, 0.2) is 0 Å². The van der Waals surface area contributed by atoms with Crippen molar-refractivity contribution in [1.29, 1.82) is 0 Å². The first-order valence-corrected chi connectivity index (χ1v) is 15.4. The van der Waals surface area contributed by atoms with Crippen LogP contribution in [0.15, 0.2) is 146 Å². The van der Waals surface area contributed by atoms with Crippen LogP contribution in [0.4, 0.5) is 11.4 Å². The second kappa shape index (κ2) is 8.49. The van der Waals surface area contributed by atoms with Crippen molar-refractivity contribution in [3.8, 4) is 27.9 Å². The third-order valence-electron chi connectivity index (χ3n) is 10.1. The van der Waals surface area contributed by atoms with Gasteiger partial charge in [0.1, 0.15) is 0 Å². The van der Waals surface area contributed by atoms with Crippen molar-refractivity contribution in [3.63, 3.8) is 0 Å². The van der Waals surface area contributed by atoms with Crippen LogP contribution in [-0.2, 0) is 5.41 Å². The third kappa shape index (κ3) is 3.00. The monoisotopic (exact) mass is 560 g/mol. The molecule has 2 nitrogen and oxygen atoms in total. The van der Waals surface area contributed by atoms with Gasteiger partial charge in [-0.15, -0.1) is 0 Å². The van der Waals surface area contributed by atoms with Crippen LogP contribution < -0.4 is 5.32 Å². The van der Waals surface area contributed by atoms with Gasteiger partial charge in [0.25, 0.3) is 0 Å². The van der Waals surface area contributed by atoms with Crippen molar-refractivity contribution in [2.45, 2.75) is 12.3 Å². The normalized spacial score (nSPS) is 16.1. The van der Waals surface area contributed by atoms with Gasteiger partial charge < -0.3 is 9.88 Å². The van der Waals surface area contributed by atoms with Crippen LogP contribution in [0.5, 0.6) is 0 Å². The molecule has 1 unspecified atom stereocenters. The molecule has 7 aromatic carbocycles. The summed E-state index contributed by atoms with van der Waals surface area (Å²) in [4.78, 5) is 0. The molecule has 1 aliphatic heterocycles. The predicted molar refractivity (Wildman–Crippen MR) is 184 cm³/mol. The molecule has 206 valence electrons. The predicted octanol–water partition coefficient (Wildman–Crippen LogP) is 11.0. The smallest absolute Gasteiger partial charge is 0.0546 e. The van der Waals surface area contributed by atoms with E-state index >= 15 is 0 Å². The Kier molecular flexibility index (Phi) is 4.61. The number of hydrogen-bond acceptors (Lipinski definition) is 1. The van der Waals surface area contributed by atoms with E-state index in [9.17, 15) is 0 Å². The lowest BCUT2D eigenvalue weighted by atomic mass is 9.70. The van der Waals surface area contributed by atoms with Crippen molar-refractivity contribution in [2.75, 3.05) is 5.32 Å². The Morgan fingerprint density at radius 2 is 1.18 bits per heavy atom. The second-order valence-corrected chi connectivity index (χ2v) is 12.4. The summed E-state index contributed by atoms with van der Waals surface area (Å²) in [6, 6.07) is 53.7. The number of rotatable bonds is 2. The Hall–Kier alpha value is -5.60. The van der Waals surface area contributed by atoms with Crippen LogP contribution in [0.2, 0.25) is 0 Å². The van der Waals surface area contributed by atoms with Crippen LogP contribution in [-0.4, -0.2) is 4.57 Å². The molecule has 2 heteroatoms. The van der Waals surface area contributed by atoms with Gasteiger partial charge >= 0.3 is 0 Å². The highest BCUT2D eigenvalue weighted by Crippen LogP contribution is 2.59. The number of para-hydroxylation sites is 2. The van der Waals surface area contributed by atoms with Gasteiger partial charge in [0, 0.05) is 32.9 Å². The molecule has 44 heavy (non-hydrogen) atoms. The molecule has 0 amide bonds. The summed E-state index contributed by atoms with van der Waals surface area (Å²) in [6.45, 7) is 2.41. The van der Waals surface area contributed by atoms with E-state index in [4.69, 9.17) is 0 Å². The van der Waals surface area contributed by atoms with Gasteiger partial charge in [-0.25, -0.2) is 0 Å². The fourth-order valence-corrected chi connectivity index (χ4v) is 8.20. The Balaban J connectivity index is 1.24. The maximum Gasteiger partial charge on any atom is 0.0546 e. The molecule has 8 aromatic rings. The van der Waals surface area contributed by atoms with Gasteiger partial charge in [-0.3, -0.25) is 0 Å². The Labute approximate surface area is 255 Å². The minimum Gasteiger partial charge on any atom is -0.355 e. The summed E-state index contributed by atoms with van der Waals surface area (Å²) in [7, 11) is 0. The van der Waals surface area contributed by atoms with E-state index in [0.717, 1.165) is 0 Å². The average molecular weight is 561 g/mol. The number of nitrogens with zero attached hydrogens (tertiary/aromatic N) is 1. The first-order chi connectivity index (χ1) is 21.7. The molecule has 0 saturated heterocycles. The van der Waals surface area contributed by atoms with Gasteiger partial charge in [-0.05, 0) is 93.7 Å². The second-order valence-electron chi connectivity index (χ2n) is 12.4. The van der Waals surface area contributed by atoms with E-state index < -0.39 is 0 Å². The molecule has 2 heterocycles. The lowest BCUT2D eigenvalue weighted by molar-refractivity contribution is 0.710. The van der Waals surface area contributed by atoms with Crippen molar-refractivity contribution < 1.29 is 0 Å². The Morgan fingerprint density at radius 3 is 2.00 bits per heavy atom. The summed E-state index contributed by atoms with van der Waals surface area (Å²) in [5, 5.41) is 8.83. The van der Waals surface area contributed by atoms with Crippen molar-refractivity contribution in [3.05, 3.63) is 162 Å². The number of hydrogen-bond donors (Lipinski definition) is 1. The molecule has 1 N–H and O–H groups in total. The molecule has 1 aliphatic carbocycles. The molecule has 1 aromatic heterocycles. The fraction of sp³-hybridized carbons (Fsp3) is 0.0476. The molecular weight excluding hydrogens is 532 g/mol. The van der Waals surface area contributed by atoms with Crippen LogP contribution in [0.25, 0.3) is 60.5 Å². The molecule has 2 aliphatic rings. The fourth-order valence-electron chi connectivity index (χ4n) is 8.20. The van der Waals surface area contributed by atoms with E-state index in [2.05, 4.69) is 162 Å². The van der Waals surface area contributed by atoms with E-state index in [1.54, 1.807) is 0 Å². The average Bonchev–Trinajstić information content (AvgIpc) is 3.55. The Morgan fingerprint density at radius 1 is 0.500 bits per heavy atom. The maximum atomic E-state index is 3.79. The summed E-state index contributed by atoms with van der Waals surface area (Å²) in [5.74, 6) is 0. The van der Waals surface area contributed by atoms with E-state index in [1.165, 1.54) is 88.6 Å². The van der Waals surface area contributed by atoms with Crippen molar-refractivity contribution >= 4 is 44.0 Å². The minimum absolute atomic E-state index is 0.231. The lowest BCUT2D eigenvalue weighted by Gasteiger charge is -2.36. The SMILES string of the molecule is CC12c3cc(-c4cc(-n5c6ccccc6c6ccccc65)c5ccccc5c4)ccc3Nc3cccc(c31)-c1ccccc12. The molecule has 0 bridgehead atoms. The summed E-state index contributed by atoms with van der Waals surface area (Å²) >= 11 is 0. The number of aromatic nitrogens is 1. The minimum atomic E-state index is -0.231. The summed E-state index contributed by atoms with van der Waals surface area (Å²) < 4.78 is 2.45. The van der Waals surface area contributed by atoms with Crippen LogP contribution in [0.1, 0.15) is 23.6 Å². The lowest BCUT2D eigenvalue weighted by Crippen LogP contribution is -2.28. The van der Waals surface area contributed by atoms with Gasteiger partial charge in [0.2, 0.25) is 0 Å². The molecular formula is C42H28N2. The number of anilines is 2. The summed E-state index contributed by atoms with van der Waals surface area (Å²) in [6.07, 6.45) is 0. The Bertz CT molecular complexity index is 2440. The maximum absolute atomic E-state index is 3.79. The van der Waals surface area contributed by atoms with Gasteiger partial charge in [-0.2, -0.15) is 0 Å². The van der Waals surface area contributed by atoms with Gasteiger partial charge in [0.05, 0.1) is 16.7 Å². The van der Waals surface area contributed by atoms with E-state index in [0.29, 0.717) is 0 Å². The molecule has 1 atom stereocenters. The zero-order chi connectivity index (χ0) is 29.0. The first-order valence-electron chi connectivity index (χ1n) is 15.4. The molecule has 0 fully saturated rings. The zero-order valence-corrected chi connectivity index (χ0v) is 24.3.